The van der Waals surface area contributed by atoms with Gasteiger partial charge in [-0.1, -0.05) is 6.07 Å². The fourth-order valence-corrected chi connectivity index (χ4v) is 3.00. The predicted molar refractivity (Wildman–Crippen MR) is 56.3 cm³/mol. The molecule has 0 saturated carbocycles. The van der Waals surface area contributed by atoms with Gasteiger partial charge in [0.25, 0.3) is 0 Å². The summed E-state index contributed by atoms with van der Waals surface area (Å²) in [7, 11) is 0. The van der Waals surface area contributed by atoms with E-state index in [1.165, 1.54) is 6.42 Å². The minimum Gasteiger partial charge on any atom is -0.302 e. The maximum atomic E-state index is 11.0. The van der Waals surface area contributed by atoms with Crippen LogP contribution in [0.1, 0.15) is 24.6 Å². The van der Waals surface area contributed by atoms with Crippen LogP contribution < -0.4 is 0 Å². The lowest BCUT2D eigenvalue weighted by molar-refractivity contribution is -0.111. The largest absolute Gasteiger partial charge is 0.302 e. The minimum atomic E-state index is 0.150. The van der Waals surface area contributed by atoms with E-state index in [0.29, 0.717) is 12.0 Å². The van der Waals surface area contributed by atoms with Crippen LogP contribution in [0, 0.1) is 5.92 Å². The zero-order valence-corrected chi connectivity index (χ0v) is 8.54. The Hall–Kier alpha value is -1.22. The number of aldehydes is 1. The molecule has 2 bridgehead atoms. The number of pyridine rings is 1. The van der Waals surface area contributed by atoms with E-state index in [0.717, 1.165) is 24.9 Å². The first-order valence-electron chi connectivity index (χ1n) is 5.52. The number of carbonyl (C=O) groups excluding carboxylic acids is 1. The van der Waals surface area contributed by atoms with E-state index >= 15 is 0 Å². The van der Waals surface area contributed by atoms with E-state index < -0.39 is 0 Å². The van der Waals surface area contributed by atoms with E-state index in [1.807, 2.05) is 18.3 Å². The fourth-order valence-electron chi connectivity index (χ4n) is 3.00. The topological polar surface area (TPSA) is 33.2 Å². The molecule has 3 heterocycles. The van der Waals surface area contributed by atoms with Gasteiger partial charge in [-0.3, -0.25) is 9.88 Å². The standard InChI is InChI=1S/C12H14N2O/c15-8-12-9-4-6-14(12)11(7-9)10-3-1-2-5-13-10/h1-3,5,8-9,11-12H,4,6-7H2. The van der Waals surface area contributed by atoms with Crippen LogP contribution >= 0.6 is 0 Å². The van der Waals surface area contributed by atoms with Gasteiger partial charge in [0.1, 0.15) is 6.29 Å². The molecule has 0 amide bonds. The Morgan fingerprint density at radius 2 is 2.40 bits per heavy atom. The lowest BCUT2D eigenvalue weighted by Crippen LogP contribution is -2.29. The van der Waals surface area contributed by atoms with Gasteiger partial charge in [0.05, 0.1) is 17.8 Å². The van der Waals surface area contributed by atoms with Crippen LogP contribution in [0.25, 0.3) is 0 Å². The lowest BCUT2D eigenvalue weighted by Gasteiger charge is -2.24. The zero-order valence-electron chi connectivity index (χ0n) is 8.54. The fraction of sp³-hybridized carbons (Fsp3) is 0.500. The summed E-state index contributed by atoms with van der Waals surface area (Å²) < 4.78 is 0. The summed E-state index contributed by atoms with van der Waals surface area (Å²) in [6.45, 7) is 1.05. The van der Waals surface area contributed by atoms with Gasteiger partial charge < -0.3 is 4.79 Å². The smallest absolute Gasteiger partial charge is 0.137 e. The van der Waals surface area contributed by atoms with Crippen molar-refractivity contribution in [1.82, 2.24) is 9.88 Å². The van der Waals surface area contributed by atoms with Gasteiger partial charge in [-0.15, -0.1) is 0 Å². The molecule has 0 radical (unpaired) electrons. The number of carbonyl (C=O) groups is 1. The van der Waals surface area contributed by atoms with Crippen molar-refractivity contribution in [2.45, 2.75) is 24.9 Å². The summed E-state index contributed by atoms with van der Waals surface area (Å²) in [5.74, 6) is 0.564. The van der Waals surface area contributed by atoms with Crippen LogP contribution in [0.2, 0.25) is 0 Å². The molecule has 2 aliphatic rings. The van der Waals surface area contributed by atoms with Gasteiger partial charge in [-0.2, -0.15) is 0 Å². The van der Waals surface area contributed by atoms with Crippen LogP contribution in [0.3, 0.4) is 0 Å². The van der Waals surface area contributed by atoms with Crippen LogP contribution in [0.4, 0.5) is 0 Å². The van der Waals surface area contributed by atoms with Gasteiger partial charge in [0.15, 0.2) is 0 Å². The third kappa shape index (κ3) is 1.30. The Labute approximate surface area is 89.1 Å². The molecule has 2 fully saturated rings. The van der Waals surface area contributed by atoms with E-state index in [-0.39, 0.29) is 6.04 Å². The maximum Gasteiger partial charge on any atom is 0.137 e. The summed E-state index contributed by atoms with van der Waals surface area (Å²) in [5.41, 5.74) is 1.12. The van der Waals surface area contributed by atoms with Gasteiger partial charge in [-0.05, 0) is 37.4 Å². The van der Waals surface area contributed by atoms with Crippen molar-refractivity contribution in [3.8, 4) is 0 Å². The minimum absolute atomic E-state index is 0.150. The van der Waals surface area contributed by atoms with Crippen LogP contribution in [-0.4, -0.2) is 28.8 Å². The van der Waals surface area contributed by atoms with Gasteiger partial charge in [-0.25, -0.2) is 0 Å². The van der Waals surface area contributed by atoms with Crippen LogP contribution in [0.5, 0.6) is 0 Å². The number of hydrogen-bond acceptors (Lipinski definition) is 3. The van der Waals surface area contributed by atoms with Crippen molar-refractivity contribution < 1.29 is 4.79 Å². The molecule has 1 aromatic rings. The van der Waals surface area contributed by atoms with E-state index in [9.17, 15) is 4.79 Å². The van der Waals surface area contributed by atoms with E-state index in [2.05, 4.69) is 16.0 Å². The van der Waals surface area contributed by atoms with E-state index in [4.69, 9.17) is 0 Å². The molecular formula is C12H14N2O. The molecule has 3 heteroatoms. The molecule has 0 aromatic carbocycles. The third-order valence-electron chi connectivity index (χ3n) is 3.72. The number of aromatic nitrogens is 1. The first-order chi connectivity index (χ1) is 7.40. The Balaban J connectivity index is 1.89. The maximum absolute atomic E-state index is 11.0. The Morgan fingerprint density at radius 3 is 3.07 bits per heavy atom. The van der Waals surface area contributed by atoms with Crippen molar-refractivity contribution in [2.24, 2.45) is 5.92 Å². The molecule has 3 nitrogen and oxygen atoms in total. The number of piperidine rings is 1. The first-order valence-corrected chi connectivity index (χ1v) is 5.52. The normalized spacial score (nSPS) is 38.1. The zero-order chi connectivity index (χ0) is 10.3. The second-order valence-electron chi connectivity index (χ2n) is 4.42. The van der Waals surface area contributed by atoms with Crippen LogP contribution in [0.15, 0.2) is 24.4 Å². The highest BCUT2D eigenvalue weighted by Gasteiger charge is 2.46. The van der Waals surface area contributed by atoms with Crippen LogP contribution in [-0.2, 0) is 4.79 Å². The molecule has 4 atom stereocenters. The van der Waals surface area contributed by atoms with Crippen molar-refractivity contribution in [3.05, 3.63) is 30.1 Å². The Bertz CT molecular complexity index is 365. The van der Waals surface area contributed by atoms with E-state index in [1.54, 1.807) is 0 Å². The molecule has 3 rings (SSSR count). The van der Waals surface area contributed by atoms with Gasteiger partial charge >= 0.3 is 0 Å². The quantitative estimate of drug-likeness (QED) is 0.680. The molecule has 4 unspecified atom stereocenters. The third-order valence-corrected chi connectivity index (χ3v) is 3.72. The summed E-state index contributed by atoms with van der Waals surface area (Å²) in [6.07, 6.45) is 5.21. The van der Waals surface area contributed by atoms with Gasteiger partial charge in [0.2, 0.25) is 0 Å². The summed E-state index contributed by atoms with van der Waals surface area (Å²) >= 11 is 0. The summed E-state index contributed by atoms with van der Waals surface area (Å²) in [5, 5.41) is 0. The molecule has 0 N–H and O–H groups in total. The summed E-state index contributed by atoms with van der Waals surface area (Å²) in [4.78, 5) is 17.7. The number of hydrogen-bond donors (Lipinski definition) is 0. The molecule has 0 spiro atoms. The second-order valence-corrected chi connectivity index (χ2v) is 4.42. The number of rotatable bonds is 2. The Morgan fingerprint density at radius 1 is 1.47 bits per heavy atom. The Kier molecular flexibility index (Phi) is 2.06. The number of nitrogens with zero attached hydrogens (tertiary/aromatic N) is 2. The lowest BCUT2D eigenvalue weighted by atomic mass is 9.95. The highest BCUT2D eigenvalue weighted by Crippen LogP contribution is 2.45. The molecule has 0 aliphatic carbocycles. The molecule has 2 saturated heterocycles. The molecular weight excluding hydrogens is 188 g/mol. The first kappa shape index (κ1) is 9.04. The SMILES string of the molecule is O=CC1C2CCN1C(c1ccccn1)C2. The average Bonchev–Trinajstić information content (AvgIpc) is 2.86. The molecule has 15 heavy (non-hydrogen) atoms. The number of fused-ring (bicyclic) bond motifs is 2. The molecule has 1 aromatic heterocycles. The van der Waals surface area contributed by atoms with Crippen molar-refractivity contribution in [3.63, 3.8) is 0 Å². The van der Waals surface area contributed by atoms with Crippen molar-refractivity contribution in [1.29, 1.82) is 0 Å². The predicted octanol–water partition coefficient (Wildman–Crippen LogP) is 1.42. The monoisotopic (exact) mass is 202 g/mol. The van der Waals surface area contributed by atoms with Crippen molar-refractivity contribution in [2.75, 3.05) is 6.54 Å². The highest BCUT2D eigenvalue weighted by molar-refractivity contribution is 5.60. The molecule has 2 aliphatic heterocycles. The molecule has 78 valence electrons. The average molecular weight is 202 g/mol. The van der Waals surface area contributed by atoms with Crippen molar-refractivity contribution >= 4 is 6.29 Å². The summed E-state index contributed by atoms with van der Waals surface area (Å²) in [6, 6.07) is 6.54. The van der Waals surface area contributed by atoms with Gasteiger partial charge in [0, 0.05) is 6.20 Å². The highest BCUT2D eigenvalue weighted by atomic mass is 16.1. The second kappa shape index (κ2) is 3.42.